The second-order valence-electron chi connectivity index (χ2n) is 4.53. The molecular weight excluding hydrogens is 330 g/mol. The maximum Gasteiger partial charge on any atom is 0.169 e. The van der Waals surface area contributed by atoms with Gasteiger partial charge in [0.15, 0.2) is 4.67 Å². The van der Waals surface area contributed by atoms with Gasteiger partial charge in [0.05, 0.1) is 11.8 Å². The molecule has 0 saturated carbocycles. The largest absolute Gasteiger partial charge is 0.453 e. The van der Waals surface area contributed by atoms with Gasteiger partial charge in [0.25, 0.3) is 0 Å². The molecule has 1 aromatic heterocycles. The number of rotatable bonds is 9. The Bertz CT molecular complexity index is 470. The van der Waals surface area contributed by atoms with Crippen molar-refractivity contribution in [2.24, 2.45) is 0 Å². The van der Waals surface area contributed by atoms with Gasteiger partial charge in [-0.05, 0) is 53.9 Å². The van der Waals surface area contributed by atoms with E-state index in [1.165, 1.54) is 0 Å². The molecule has 6 heteroatoms. The summed E-state index contributed by atoms with van der Waals surface area (Å²) < 4.78 is 29.2. The average Bonchev–Trinajstić information content (AvgIpc) is 2.80. The number of nitrogens with one attached hydrogen (secondary N) is 1. The minimum Gasteiger partial charge on any atom is -0.453 e. The second-order valence-corrected chi connectivity index (χ2v) is 7.78. The first kappa shape index (κ1) is 16.7. The molecule has 0 saturated heterocycles. The molecule has 0 aliphatic rings. The molecule has 1 heterocycles. The highest BCUT2D eigenvalue weighted by molar-refractivity contribution is 9.10. The van der Waals surface area contributed by atoms with Gasteiger partial charge in [0, 0.05) is 5.75 Å². The van der Waals surface area contributed by atoms with E-state index in [1.807, 2.05) is 12.1 Å². The van der Waals surface area contributed by atoms with Crippen LogP contribution in [0.2, 0.25) is 0 Å². The van der Waals surface area contributed by atoms with E-state index in [0.29, 0.717) is 11.1 Å². The van der Waals surface area contributed by atoms with Crippen molar-refractivity contribution < 1.29 is 12.8 Å². The number of hydrogen-bond donors (Lipinski definition) is 1. The minimum atomic E-state index is -2.88. The Hall–Kier alpha value is -0.330. The lowest BCUT2D eigenvalue weighted by atomic mass is 10.1. The lowest BCUT2D eigenvalue weighted by molar-refractivity contribution is 0.384. The predicted molar refractivity (Wildman–Crippen MR) is 81.0 cm³/mol. The number of halogens is 1. The third kappa shape index (κ3) is 6.10. The highest BCUT2D eigenvalue weighted by Crippen LogP contribution is 2.24. The normalized spacial score (nSPS) is 13.6. The van der Waals surface area contributed by atoms with Crippen molar-refractivity contribution in [3.05, 3.63) is 22.6 Å². The molecule has 19 heavy (non-hydrogen) atoms. The molecule has 4 nitrogen and oxygen atoms in total. The zero-order chi connectivity index (χ0) is 14.3. The van der Waals surface area contributed by atoms with E-state index in [1.54, 1.807) is 6.92 Å². The third-order valence-corrected chi connectivity index (χ3v) is 5.18. The van der Waals surface area contributed by atoms with E-state index in [2.05, 4.69) is 28.2 Å². The van der Waals surface area contributed by atoms with Crippen molar-refractivity contribution >= 4 is 25.8 Å². The quantitative estimate of drug-likeness (QED) is 0.741. The van der Waals surface area contributed by atoms with Gasteiger partial charge < -0.3 is 9.73 Å². The highest BCUT2D eigenvalue weighted by Gasteiger charge is 2.16. The highest BCUT2D eigenvalue weighted by atomic mass is 79.9. The van der Waals surface area contributed by atoms with E-state index < -0.39 is 9.84 Å². The molecular formula is C13H22BrNO3S. The number of sulfone groups is 1. The smallest absolute Gasteiger partial charge is 0.169 e. The van der Waals surface area contributed by atoms with Gasteiger partial charge in [-0.3, -0.25) is 0 Å². The predicted octanol–water partition coefficient (Wildman–Crippen LogP) is 3.30. The van der Waals surface area contributed by atoms with Gasteiger partial charge in [-0.2, -0.15) is 0 Å². The Morgan fingerprint density at radius 2 is 2.11 bits per heavy atom. The van der Waals surface area contributed by atoms with Crippen molar-refractivity contribution in [1.29, 1.82) is 0 Å². The van der Waals surface area contributed by atoms with E-state index in [4.69, 9.17) is 4.42 Å². The van der Waals surface area contributed by atoms with Crippen LogP contribution in [0.1, 0.15) is 44.9 Å². The van der Waals surface area contributed by atoms with Crippen LogP contribution in [0.4, 0.5) is 0 Å². The average molecular weight is 352 g/mol. The summed E-state index contributed by atoms with van der Waals surface area (Å²) in [7, 11) is -2.88. The molecule has 1 rings (SSSR count). The molecule has 0 bridgehead atoms. The molecule has 0 fully saturated rings. The maximum atomic E-state index is 11.5. The number of furan rings is 1. The standard InChI is InChI=1S/C13H22BrNO3S/c1-3-9-15-11(12-7-8-13(14)18-12)6-5-10-19(16,17)4-2/h7-8,11,15H,3-6,9-10H2,1-2H3. The van der Waals surface area contributed by atoms with Crippen molar-refractivity contribution in [3.63, 3.8) is 0 Å². The summed E-state index contributed by atoms with van der Waals surface area (Å²) in [6.45, 7) is 4.68. The molecule has 0 radical (unpaired) electrons. The van der Waals surface area contributed by atoms with Crippen LogP contribution >= 0.6 is 15.9 Å². The van der Waals surface area contributed by atoms with E-state index in [9.17, 15) is 8.42 Å². The Labute approximate surface area is 124 Å². The van der Waals surface area contributed by atoms with E-state index >= 15 is 0 Å². The van der Waals surface area contributed by atoms with Crippen LogP contribution in [0.15, 0.2) is 21.2 Å². The van der Waals surface area contributed by atoms with E-state index in [-0.39, 0.29) is 17.5 Å². The van der Waals surface area contributed by atoms with Crippen molar-refractivity contribution in [1.82, 2.24) is 5.32 Å². The SMILES string of the molecule is CCCNC(CCCS(=O)(=O)CC)c1ccc(Br)o1. The molecule has 0 amide bonds. The van der Waals surface area contributed by atoms with Crippen LogP contribution < -0.4 is 5.32 Å². The molecule has 110 valence electrons. The molecule has 1 aromatic rings. The first-order chi connectivity index (χ1) is 8.98. The molecule has 0 aliphatic carbocycles. The summed E-state index contributed by atoms with van der Waals surface area (Å²) in [5.41, 5.74) is 0. The fourth-order valence-corrected chi connectivity index (χ4v) is 3.04. The summed E-state index contributed by atoms with van der Waals surface area (Å²) in [5, 5.41) is 3.39. The summed E-state index contributed by atoms with van der Waals surface area (Å²) in [5.74, 6) is 1.32. The third-order valence-electron chi connectivity index (χ3n) is 2.97. The Morgan fingerprint density at radius 1 is 1.37 bits per heavy atom. The van der Waals surface area contributed by atoms with Crippen LogP contribution in [0.5, 0.6) is 0 Å². The fourth-order valence-electron chi connectivity index (χ4n) is 1.83. The maximum absolute atomic E-state index is 11.5. The van der Waals surface area contributed by atoms with Gasteiger partial charge in [-0.25, -0.2) is 8.42 Å². The monoisotopic (exact) mass is 351 g/mol. The van der Waals surface area contributed by atoms with Gasteiger partial charge in [0.1, 0.15) is 15.6 Å². The molecule has 0 aliphatic heterocycles. The van der Waals surface area contributed by atoms with Crippen molar-refractivity contribution in [2.75, 3.05) is 18.1 Å². The van der Waals surface area contributed by atoms with Gasteiger partial charge in [-0.1, -0.05) is 13.8 Å². The Balaban J connectivity index is 2.55. The fraction of sp³-hybridized carbons (Fsp3) is 0.692. The van der Waals surface area contributed by atoms with Crippen LogP contribution in [-0.2, 0) is 9.84 Å². The topological polar surface area (TPSA) is 59.3 Å². The van der Waals surface area contributed by atoms with Crippen LogP contribution in [0.3, 0.4) is 0 Å². The van der Waals surface area contributed by atoms with Gasteiger partial charge in [0.2, 0.25) is 0 Å². The minimum absolute atomic E-state index is 0.0818. The number of hydrogen-bond acceptors (Lipinski definition) is 4. The van der Waals surface area contributed by atoms with Crippen molar-refractivity contribution in [2.45, 2.75) is 39.2 Å². The second kappa shape index (κ2) is 8.07. The molecule has 1 atom stereocenters. The molecule has 0 aromatic carbocycles. The van der Waals surface area contributed by atoms with E-state index in [0.717, 1.165) is 25.1 Å². The zero-order valence-corrected chi connectivity index (χ0v) is 13.9. The Morgan fingerprint density at radius 3 is 2.63 bits per heavy atom. The Kier molecular flexibility index (Phi) is 7.10. The molecule has 1 N–H and O–H groups in total. The lowest BCUT2D eigenvalue weighted by Gasteiger charge is -2.16. The van der Waals surface area contributed by atoms with Gasteiger partial charge in [-0.15, -0.1) is 0 Å². The summed E-state index contributed by atoms with van der Waals surface area (Å²) >= 11 is 3.29. The van der Waals surface area contributed by atoms with Crippen LogP contribution in [-0.4, -0.2) is 26.5 Å². The van der Waals surface area contributed by atoms with Crippen LogP contribution in [0, 0.1) is 0 Å². The lowest BCUT2D eigenvalue weighted by Crippen LogP contribution is -2.22. The van der Waals surface area contributed by atoms with Crippen molar-refractivity contribution in [3.8, 4) is 0 Å². The molecule has 1 unspecified atom stereocenters. The molecule has 0 spiro atoms. The van der Waals surface area contributed by atoms with Crippen LogP contribution in [0.25, 0.3) is 0 Å². The summed E-state index contributed by atoms with van der Waals surface area (Å²) in [4.78, 5) is 0. The zero-order valence-electron chi connectivity index (χ0n) is 11.5. The first-order valence-electron chi connectivity index (χ1n) is 6.67. The summed E-state index contributed by atoms with van der Waals surface area (Å²) in [6.07, 6.45) is 2.45. The first-order valence-corrected chi connectivity index (χ1v) is 9.29. The van der Waals surface area contributed by atoms with Gasteiger partial charge >= 0.3 is 0 Å². The summed E-state index contributed by atoms with van der Waals surface area (Å²) in [6, 6.07) is 3.86.